The van der Waals surface area contributed by atoms with Crippen LogP contribution in [-0.2, 0) is 0 Å². The Morgan fingerprint density at radius 3 is 1.69 bits per heavy atom. The minimum atomic E-state index is 0.665. The number of aromatic nitrogens is 3. The van der Waals surface area contributed by atoms with Crippen molar-refractivity contribution >= 4 is 65.6 Å². The molecule has 0 aliphatic heterocycles. The minimum Gasteiger partial charge on any atom is -0.456 e. The summed E-state index contributed by atoms with van der Waals surface area (Å²) in [6.45, 7) is 0. The van der Waals surface area contributed by atoms with Gasteiger partial charge in [0.1, 0.15) is 22.3 Å². The topological polar surface area (TPSA) is 65.0 Å². The Morgan fingerprint density at radius 1 is 0.310 bits per heavy atom. The average molecular weight is 742 g/mol. The van der Waals surface area contributed by atoms with Crippen molar-refractivity contribution in [2.24, 2.45) is 0 Å². The molecule has 0 radical (unpaired) electrons. The van der Waals surface area contributed by atoms with Crippen LogP contribution < -0.4 is 0 Å². The van der Waals surface area contributed by atoms with Crippen molar-refractivity contribution in [1.82, 2.24) is 15.0 Å². The summed E-state index contributed by atoms with van der Waals surface area (Å²) in [5.74, 6) is 0.665. The van der Waals surface area contributed by atoms with Crippen molar-refractivity contribution in [3.05, 3.63) is 188 Å². The van der Waals surface area contributed by atoms with E-state index in [2.05, 4.69) is 133 Å². The number of hydrogen-bond donors (Lipinski definition) is 0. The van der Waals surface area contributed by atoms with Crippen LogP contribution in [-0.4, -0.2) is 15.0 Å². The predicted molar refractivity (Wildman–Crippen MR) is 237 cm³/mol. The van der Waals surface area contributed by atoms with Crippen LogP contribution in [0, 0.1) is 0 Å². The van der Waals surface area contributed by atoms with Crippen molar-refractivity contribution < 1.29 is 8.83 Å². The Labute approximate surface area is 332 Å². The van der Waals surface area contributed by atoms with E-state index in [0.29, 0.717) is 5.82 Å². The van der Waals surface area contributed by atoms with Crippen LogP contribution in [0.25, 0.3) is 122 Å². The van der Waals surface area contributed by atoms with E-state index in [1.807, 2.05) is 54.6 Å². The molecule has 0 saturated heterocycles. The molecule has 5 heteroatoms. The molecule has 58 heavy (non-hydrogen) atoms. The molecule has 12 rings (SSSR count). The molecule has 8 aromatic carbocycles. The highest BCUT2D eigenvalue weighted by molar-refractivity contribution is 6.29. The van der Waals surface area contributed by atoms with E-state index in [4.69, 9.17) is 23.8 Å². The van der Waals surface area contributed by atoms with Crippen molar-refractivity contribution in [2.75, 3.05) is 0 Å². The van der Waals surface area contributed by atoms with Gasteiger partial charge in [0.25, 0.3) is 0 Å². The number of hydrogen-bond acceptors (Lipinski definition) is 5. The van der Waals surface area contributed by atoms with Crippen LogP contribution in [0.3, 0.4) is 0 Å². The molecule has 0 aliphatic carbocycles. The molecule has 0 spiro atoms. The summed E-state index contributed by atoms with van der Waals surface area (Å²) in [7, 11) is 0. The summed E-state index contributed by atoms with van der Waals surface area (Å²) in [5.41, 5.74) is 13.1. The van der Waals surface area contributed by atoms with Crippen LogP contribution in [0.4, 0.5) is 0 Å². The van der Waals surface area contributed by atoms with E-state index in [1.165, 1.54) is 0 Å². The fraction of sp³-hybridized carbons (Fsp3) is 0. The third-order valence-corrected chi connectivity index (χ3v) is 11.3. The lowest BCUT2D eigenvalue weighted by Gasteiger charge is -2.14. The normalized spacial score (nSPS) is 11.8. The van der Waals surface area contributed by atoms with Crippen molar-refractivity contribution in [3.8, 4) is 56.3 Å². The Bertz CT molecular complexity index is 3550. The summed E-state index contributed by atoms with van der Waals surface area (Å²) in [6.07, 6.45) is 0. The molecule has 0 amide bonds. The van der Waals surface area contributed by atoms with Crippen molar-refractivity contribution in [1.29, 1.82) is 0 Å². The zero-order chi connectivity index (χ0) is 38.2. The second-order valence-electron chi connectivity index (χ2n) is 14.7. The SMILES string of the molecule is c1ccc(-c2nc(-c3ccc(-c4cccc5c4nc(-c4ccccc4)c4ccc6oc7ccccc7c6c45)cc3)cc(-c3ccc4c(c3)oc3ccccc34)n2)cc1. The highest BCUT2D eigenvalue weighted by Gasteiger charge is 2.20. The molecule has 12 aromatic rings. The fourth-order valence-electron chi connectivity index (χ4n) is 8.55. The Morgan fingerprint density at radius 2 is 0.897 bits per heavy atom. The first-order valence-electron chi connectivity index (χ1n) is 19.4. The fourth-order valence-corrected chi connectivity index (χ4v) is 8.55. The number of pyridine rings is 1. The maximum absolute atomic E-state index is 6.39. The van der Waals surface area contributed by atoms with Gasteiger partial charge in [0.15, 0.2) is 5.82 Å². The van der Waals surface area contributed by atoms with Gasteiger partial charge in [0.05, 0.1) is 22.6 Å². The predicted octanol–water partition coefficient (Wildman–Crippen LogP) is 14.3. The Hall–Kier alpha value is -7.89. The minimum absolute atomic E-state index is 0.665. The average Bonchev–Trinajstić information content (AvgIpc) is 3.87. The van der Waals surface area contributed by atoms with Gasteiger partial charge in [-0.25, -0.2) is 15.0 Å². The number of para-hydroxylation sites is 3. The first-order chi connectivity index (χ1) is 28.7. The third-order valence-electron chi connectivity index (χ3n) is 11.3. The van der Waals surface area contributed by atoms with Gasteiger partial charge in [-0.1, -0.05) is 146 Å². The lowest BCUT2D eigenvalue weighted by molar-refractivity contribution is 0.668. The van der Waals surface area contributed by atoms with Gasteiger partial charge < -0.3 is 8.83 Å². The summed E-state index contributed by atoms with van der Waals surface area (Å²) in [5, 5.41) is 7.72. The van der Waals surface area contributed by atoms with E-state index in [0.717, 1.165) is 116 Å². The van der Waals surface area contributed by atoms with Gasteiger partial charge in [0, 0.05) is 65.5 Å². The molecule has 5 nitrogen and oxygen atoms in total. The van der Waals surface area contributed by atoms with Crippen LogP contribution in [0.2, 0.25) is 0 Å². The zero-order valence-electron chi connectivity index (χ0n) is 31.1. The molecule has 0 saturated carbocycles. The quantitative estimate of drug-likeness (QED) is 0.164. The summed E-state index contributed by atoms with van der Waals surface area (Å²) >= 11 is 0. The van der Waals surface area contributed by atoms with E-state index in [-0.39, 0.29) is 0 Å². The van der Waals surface area contributed by atoms with E-state index in [9.17, 15) is 0 Å². The standard InChI is InChI=1S/C53H31N3O2/c1-3-12-34(13-4-1)51-42-28-29-47-50(40-17-8-10-21-46(40)57-47)49(42)41-19-11-18-37(52(41)56-51)32-22-24-33(25-23-32)43-31-44(55-53(54-43)35-14-5-2-6-15-35)36-26-27-39-38-16-7-9-20-45(38)58-48(39)30-36/h1-31H. The second-order valence-corrected chi connectivity index (χ2v) is 14.7. The molecule has 0 fully saturated rings. The van der Waals surface area contributed by atoms with Gasteiger partial charge in [-0.2, -0.15) is 0 Å². The molecule has 4 heterocycles. The lowest BCUT2D eigenvalue weighted by atomic mass is 9.93. The van der Waals surface area contributed by atoms with Crippen LogP contribution in [0.1, 0.15) is 0 Å². The molecular formula is C53H31N3O2. The van der Waals surface area contributed by atoms with E-state index >= 15 is 0 Å². The van der Waals surface area contributed by atoms with Crippen molar-refractivity contribution in [3.63, 3.8) is 0 Å². The van der Waals surface area contributed by atoms with Gasteiger partial charge in [-0.15, -0.1) is 0 Å². The molecule has 0 atom stereocenters. The summed E-state index contributed by atoms with van der Waals surface area (Å²) in [6, 6.07) is 64.8. The molecule has 270 valence electrons. The number of fused-ring (bicyclic) bond motifs is 10. The summed E-state index contributed by atoms with van der Waals surface area (Å²) in [4.78, 5) is 15.7. The number of benzene rings is 8. The van der Waals surface area contributed by atoms with Crippen molar-refractivity contribution in [2.45, 2.75) is 0 Å². The first-order valence-corrected chi connectivity index (χ1v) is 19.4. The van der Waals surface area contributed by atoms with Gasteiger partial charge in [0.2, 0.25) is 0 Å². The second kappa shape index (κ2) is 12.8. The third kappa shape index (κ3) is 5.14. The molecule has 0 N–H and O–H groups in total. The lowest BCUT2D eigenvalue weighted by Crippen LogP contribution is -1.96. The highest BCUT2D eigenvalue weighted by atomic mass is 16.3. The maximum Gasteiger partial charge on any atom is 0.160 e. The first kappa shape index (κ1) is 32.4. The van der Waals surface area contributed by atoms with Gasteiger partial charge in [-0.05, 0) is 48.0 Å². The van der Waals surface area contributed by atoms with Crippen LogP contribution >= 0.6 is 0 Å². The van der Waals surface area contributed by atoms with E-state index in [1.54, 1.807) is 0 Å². The molecule has 4 aromatic heterocycles. The number of nitrogens with zero attached hydrogens (tertiary/aromatic N) is 3. The number of furan rings is 2. The van der Waals surface area contributed by atoms with Gasteiger partial charge in [-0.3, -0.25) is 0 Å². The molecular weight excluding hydrogens is 711 g/mol. The molecule has 0 bridgehead atoms. The highest BCUT2D eigenvalue weighted by Crippen LogP contribution is 2.43. The summed E-state index contributed by atoms with van der Waals surface area (Å²) < 4.78 is 12.7. The largest absolute Gasteiger partial charge is 0.456 e. The number of rotatable bonds is 5. The van der Waals surface area contributed by atoms with Gasteiger partial charge >= 0.3 is 0 Å². The van der Waals surface area contributed by atoms with Crippen LogP contribution in [0.15, 0.2) is 197 Å². The molecule has 0 unspecified atom stereocenters. The monoisotopic (exact) mass is 741 g/mol. The van der Waals surface area contributed by atoms with E-state index < -0.39 is 0 Å². The smallest absolute Gasteiger partial charge is 0.160 e. The zero-order valence-corrected chi connectivity index (χ0v) is 31.1. The molecule has 0 aliphatic rings. The maximum atomic E-state index is 6.39. The Kier molecular flexibility index (Phi) is 7.16. The van der Waals surface area contributed by atoms with Crippen LogP contribution in [0.5, 0.6) is 0 Å². The Balaban J connectivity index is 1.02.